The van der Waals surface area contributed by atoms with Crippen LogP contribution in [0.2, 0.25) is 0 Å². The second-order valence-corrected chi connectivity index (χ2v) is 8.42. The molecule has 1 heterocycles. The van der Waals surface area contributed by atoms with Gasteiger partial charge in [-0.25, -0.2) is 8.42 Å². The Hall–Kier alpha value is -1.97. The molecule has 1 atom stereocenters. The molecule has 1 fully saturated rings. The van der Waals surface area contributed by atoms with Crippen LogP contribution in [0.25, 0.3) is 0 Å². The van der Waals surface area contributed by atoms with E-state index >= 15 is 0 Å². The van der Waals surface area contributed by atoms with Gasteiger partial charge >= 0.3 is 5.97 Å². The highest BCUT2D eigenvalue weighted by Gasteiger charge is 2.30. The summed E-state index contributed by atoms with van der Waals surface area (Å²) in [6.45, 7) is 2.62. The minimum absolute atomic E-state index is 0.00969. The van der Waals surface area contributed by atoms with Crippen molar-refractivity contribution in [2.75, 3.05) is 39.8 Å². The number of nitrogens with zero attached hydrogens (tertiary/aromatic N) is 3. The van der Waals surface area contributed by atoms with Gasteiger partial charge in [-0.2, -0.15) is 4.31 Å². The maximum atomic E-state index is 12.5. The fraction of sp³-hybridized carbons (Fsp3) is 0.529. The van der Waals surface area contributed by atoms with Crippen molar-refractivity contribution in [2.24, 2.45) is 0 Å². The van der Waals surface area contributed by atoms with Crippen molar-refractivity contribution < 1.29 is 23.1 Å². The summed E-state index contributed by atoms with van der Waals surface area (Å²) in [5, 5.41) is 8.98. The number of hydrogen-bond donors (Lipinski definition) is 1. The molecule has 0 spiro atoms. The highest BCUT2D eigenvalue weighted by atomic mass is 32.2. The molecule has 9 heteroatoms. The zero-order valence-corrected chi connectivity index (χ0v) is 15.9. The number of sulfonamides is 1. The van der Waals surface area contributed by atoms with E-state index in [0.717, 1.165) is 5.56 Å². The average Bonchev–Trinajstić information content (AvgIpc) is 2.61. The molecule has 1 aliphatic heterocycles. The first-order chi connectivity index (χ1) is 12.2. The molecule has 1 N–H and O–H groups in total. The number of rotatable bonds is 7. The minimum Gasteiger partial charge on any atom is -0.480 e. The van der Waals surface area contributed by atoms with Crippen LogP contribution in [0.1, 0.15) is 12.5 Å². The number of amides is 1. The summed E-state index contributed by atoms with van der Waals surface area (Å²) in [5.41, 5.74) is 0.732. The van der Waals surface area contributed by atoms with E-state index in [1.165, 1.54) is 16.1 Å². The van der Waals surface area contributed by atoms with Crippen molar-refractivity contribution in [3.05, 3.63) is 35.9 Å². The minimum atomic E-state index is -3.43. The third kappa shape index (κ3) is 5.26. The Balaban J connectivity index is 1.88. The van der Waals surface area contributed by atoms with Gasteiger partial charge in [-0.05, 0) is 19.5 Å². The number of likely N-dealkylation sites (N-methyl/N-ethyl adjacent to an activating group) is 1. The van der Waals surface area contributed by atoms with Crippen LogP contribution in [0.15, 0.2) is 30.3 Å². The van der Waals surface area contributed by atoms with E-state index < -0.39 is 22.0 Å². The van der Waals surface area contributed by atoms with Crippen molar-refractivity contribution in [3.8, 4) is 0 Å². The molecule has 1 saturated heterocycles. The molecule has 8 nitrogen and oxygen atoms in total. The van der Waals surface area contributed by atoms with Crippen LogP contribution in [-0.2, 0) is 25.4 Å². The Kier molecular flexibility index (Phi) is 6.74. The fourth-order valence-electron chi connectivity index (χ4n) is 2.73. The third-order valence-corrected chi connectivity index (χ3v) is 6.43. The number of carbonyl (C=O) groups is 2. The lowest BCUT2D eigenvalue weighted by molar-refractivity contribution is -0.143. The standard InChI is InChI=1S/C17H25N3O5S/c1-14(17(22)23)18(2)12-16(21)19-8-10-20(11-9-19)26(24,25)13-15-6-4-3-5-7-15/h3-7,14H,8-13H2,1-2H3,(H,22,23). The zero-order valence-electron chi connectivity index (χ0n) is 15.0. The topological polar surface area (TPSA) is 98.2 Å². The first-order valence-corrected chi connectivity index (χ1v) is 10.0. The van der Waals surface area contributed by atoms with Gasteiger partial charge in [0.1, 0.15) is 6.04 Å². The van der Waals surface area contributed by atoms with Crippen LogP contribution in [0.4, 0.5) is 0 Å². The van der Waals surface area contributed by atoms with Gasteiger partial charge in [-0.1, -0.05) is 30.3 Å². The van der Waals surface area contributed by atoms with E-state index in [1.807, 2.05) is 6.07 Å². The normalized spacial score (nSPS) is 17.3. The summed E-state index contributed by atoms with van der Waals surface area (Å²) in [7, 11) is -1.85. The lowest BCUT2D eigenvalue weighted by Crippen LogP contribution is -2.53. The van der Waals surface area contributed by atoms with Gasteiger partial charge in [0, 0.05) is 26.2 Å². The molecule has 0 radical (unpaired) electrons. The van der Waals surface area contributed by atoms with Gasteiger partial charge in [-0.3, -0.25) is 14.5 Å². The first-order valence-electron chi connectivity index (χ1n) is 8.43. The molecule has 1 unspecified atom stereocenters. The van der Waals surface area contributed by atoms with Crippen molar-refractivity contribution >= 4 is 21.9 Å². The quantitative estimate of drug-likeness (QED) is 0.715. The van der Waals surface area contributed by atoms with Crippen molar-refractivity contribution in [3.63, 3.8) is 0 Å². The van der Waals surface area contributed by atoms with E-state index in [4.69, 9.17) is 5.11 Å². The molecule has 26 heavy (non-hydrogen) atoms. The van der Waals surface area contributed by atoms with E-state index in [1.54, 1.807) is 36.2 Å². The SMILES string of the molecule is CC(C(=O)O)N(C)CC(=O)N1CCN(S(=O)(=O)Cc2ccccc2)CC1. The number of piperazine rings is 1. The van der Waals surface area contributed by atoms with E-state index in [2.05, 4.69) is 0 Å². The van der Waals surface area contributed by atoms with Crippen molar-refractivity contribution in [1.29, 1.82) is 0 Å². The number of carboxylic acids is 1. The maximum Gasteiger partial charge on any atom is 0.320 e. The molecular weight excluding hydrogens is 358 g/mol. The first kappa shape index (κ1) is 20.3. The highest BCUT2D eigenvalue weighted by Crippen LogP contribution is 2.14. The number of carboxylic acid groups (broad SMARTS) is 1. The molecule has 2 rings (SSSR count). The van der Waals surface area contributed by atoms with Gasteiger partial charge < -0.3 is 10.0 Å². The fourth-order valence-corrected chi connectivity index (χ4v) is 4.25. The van der Waals surface area contributed by atoms with Gasteiger partial charge in [0.2, 0.25) is 15.9 Å². The molecule has 1 aromatic rings. The van der Waals surface area contributed by atoms with Crippen LogP contribution >= 0.6 is 0 Å². The molecule has 144 valence electrons. The number of hydrogen-bond acceptors (Lipinski definition) is 5. The smallest absolute Gasteiger partial charge is 0.320 e. The maximum absolute atomic E-state index is 12.5. The Morgan fingerprint density at radius 1 is 1.15 bits per heavy atom. The van der Waals surface area contributed by atoms with Crippen LogP contribution < -0.4 is 0 Å². The number of carbonyl (C=O) groups excluding carboxylic acids is 1. The lowest BCUT2D eigenvalue weighted by atomic mass is 10.2. The third-order valence-electron chi connectivity index (χ3n) is 4.58. The van der Waals surface area contributed by atoms with Gasteiger partial charge in [-0.15, -0.1) is 0 Å². The van der Waals surface area contributed by atoms with Crippen LogP contribution in [-0.4, -0.2) is 85.3 Å². The molecule has 0 bridgehead atoms. The number of benzene rings is 1. The van der Waals surface area contributed by atoms with Crippen LogP contribution in [0, 0.1) is 0 Å². The monoisotopic (exact) mass is 383 g/mol. The molecule has 1 aromatic carbocycles. The predicted molar refractivity (Wildman–Crippen MR) is 96.9 cm³/mol. The second kappa shape index (κ2) is 8.61. The summed E-state index contributed by atoms with van der Waals surface area (Å²) in [6, 6.07) is 8.23. The van der Waals surface area contributed by atoms with Crippen molar-refractivity contribution in [2.45, 2.75) is 18.7 Å². The summed E-state index contributed by atoms with van der Waals surface area (Å²) in [5.74, 6) is -1.24. The Bertz CT molecular complexity index is 730. The van der Waals surface area contributed by atoms with Crippen molar-refractivity contribution in [1.82, 2.24) is 14.1 Å². The van der Waals surface area contributed by atoms with Crippen LogP contribution in [0.3, 0.4) is 0 Å². The summed E-state index contributed by atoms with van der Waals surface area (Å²) in [6.07, 6.45) is 0. The second-order valence-electron chi connectivity index (χ2n) is 6.45. The van der Waals surface area contributed by atoms with Crippen LogP contribution in [0.5, 0.6) is 0 Å². The predicted octanol–water partition coefficient (Wildman–Crippen LogP) is 0.0655. The summed E-state index contributed by atoms with van der Waals surface area (Å²) < 4.78 is 26.5. The lowest BCUT2D eigenvalue weighted by Gasteiger charge is -2.35. The zero-order chi connectivity index (χ0) is 19.3. The summed E-state index contributed by atoms with van der Waals surface area (Å²) >= 11 is 0. The van der Waals surface area contributed by atoms with Gasteiger partial charge in [0.25, 0.3) is 0 Å². The average molecular weight is 383 g/mol. The highest BCUT2D eigenvalue weighted by molar-refractivity contribution is 7.88. The molecule has 0 aliphatic carbocycles. The molecule has 1 amide bonds. The molecule has 0 aromatic heterocycles. The van der Waals surface area contributed by atoms with E-state index in [-0.39, 0.29) is 31.3 Å². The Labute approximate surface area is 154 Å². The van der Waals surface area contributed by atoms with E-state index in [0.29, 0.717) is 13.1 Å². The largest absolute Gasteiger partial charge is 0.480 e. The summed E-state index contributed by atoms with van der Waals surface area (Å²) in [4.78, 5) is 26.3. The molecule has 1 aliphatic rings. The van der Waals surface area contributed by atoms with Gasteiger partial charge in [0.05, 0.1) is 12.3 Å². The molecule has 0 saturated carbocycles. The Morgan fingerprint density at radius 3 is 2.27 bits per heavy atom. The van der Waals surface area contributed by atoms with Gasteiger partial charge in [0.15, 0.2) is 0 Å². The Morgan fingerprint density at radius 2 is 1.73 bits per heavy atom. The van der Waals surface area contributed by atoms with E-state index in [9.17, 15) is 18.0 Å². The number of aliphatic carboxylic acids is 1. The molecular formula is C17H25N3O5S.